The maximum absolute atomic E-state index is 14.5. The zero-order valence-electron chi connectivity index (χ0n) is 37.1. The molecule has 5 fully saturated rings. The first kappa shape index (κ1) is 47.2. The van der Waals surface area contributed by atoms with E-state index in [0.29, 0.717) is 6.42 Å². The van der Waals surface area contributed by atoms with Crippen LogP contribution in [0.2, 0.25) is 0 Å². The largest absolute Gasteiger partial charge is 0.491 e. The van der Waals surface area contributed by atoms with Crippen molar-refractivity contribution in [2.75, 3.05) is 35.4 Å². The van der Waals surface area contributed by atoms with E-state index in [2.05, 4.69) is 5.32 Å². The highest BCUT2D eigenvalue weighted by atomic mass is 16.7. The molecule has 4 aliphatic heterocycles. The fraction of sp³-hybridized carbons (Fsp3) is 0.857. The SMILES string of the molecule is COC(=O)/C=C/O[C@H]1[C@H](O[C@@H]2[C@@H](C)[C@H](O[C@H]3C[C@@](C)(OC)[C@@H](O)[C@H](C)O3)[C@@H](C)C(=O)O[C@@H]3C(C)[C@@]34OC(=O)N[C@@H]4[C@@H](C)C(=O)[C@H](C)C[C@]2(C)OC)O[C@H](C)C[C@@H]1N(C)C. The number of carbonyl (C=O) groups is 4. The normalized spacial score (nSPS) is 47.0. The molecule has 19 atom stereocenters. The molecule has 1 unspecified atom stereocenters. The molecular formula is C42H68N2O15. The van der Waals surface area contributed by atoms with Crippen molar-refractivity contribution in [2.24, 2.45) is 29.6 Å². The molecule has 5 rings (SSSR count). The van der Waals surface area contributed by atoms with Gasteiger partial charge in [0.2, 0.25) is 0 Å². The van der Waals surface area contributed by atoms with Gasteiger partial charge < -0.3 is 62.7 Å². The first-order valence-corrected chi connectivity index (χ1v) is 20.8. The average molecular weight is 841 g/mol. The van der Waals surface area contributed by atoms with Crippen molar-refractivity contribution in [3.05, 3.63) is 12.3 Å². The van der Waals surface area contributed by atoms with Gasteiger partial charge >= 0.3 is 18.0 Å². The third kappa shape index (κ3) is 9.18. The lowest BCUT2D eigenvalue weighted by molar-refractivity contribution is -0.319. The zero-order valence-corrected chi connectivity index (χ0v) is 37.1. The predicted molar refractivity (Wildman–Crippen MR) is 209 cm³/mol. The number of carbonyl (C=O) groups excluding carboxylic acids is 4. The van der Waals surface area contributed by atoms with Gasteiger partial charge in [-0.2, -0.15) is 0 Å². The molecule has 2 N–H and O–H groups in total. The molecule has 0 aromatic carbocycles. The molecule has 0 radical (unpaired) electrons. The van der Waals surface area contributed by atoms with Gasteiger partial charge in [0.1, 0.15) is 11.9 Å². The maximum Gasteiger partial charge on any atom is 0.408 e. The number of nitrogens with one attached hydrogen (secondary N) is 1. The molecule has 0 aromatic rings. The number of Topliss-reactive ketones (excluding diaryl/α,β-unsaturated/α-hetero) is 1. The summed E-state index contributed by atoms with van der Waals surface area (Å²) in [6.45, 7) is 16.2. The minimum atomic E-state index is -1.26. The second kappa shape index (κ2) is 18.2. The summed E-state index contributed by atoms with van der Waals surface area (Å²) < 4.78 is 62.0. The Labute approximate surface area is 348 Å². The Morgan fingerprint density at radius 1 is 0.898 bits per heavy atom. The molecule has 17 heteroatoms. The van der Waals surface area contributed by atoms with Crippen molar-refractivity contribution >= 4 is 23.8 Å². The third-order valence-electron chi connectivity index (χ3n) is 13.8. The fourth-order valence-corrected chi connectivity index (χ4v) is 9.98. The van der Waals surface area contributed by atoms with Gasteiger partial charge in [0.25, 0.3) is 0 Å². The molecule has 1 amide bonds. The highest BCUT2D eigenvalue weighted by molar-refractivity contribution is 5.86. The molecule has 1 spiro atoms. The third-order valence-corrected chi connectivity index (χ3v) is 13.8. The molecule has 59 heavy (non-hydrogen) atoms. The minimum Gasteiger partial charge on any atom is -0.491 e. The number of amides is 1. The van der Waals surface area contributed by atoms with Crippen LogP contribution < -0.4 is 5.32 Å². The van der Waals surface area contributed by atoms with E-state index in [4.69, 9.17) is 47.4 Å². The summed E-state index contributed by atoms with van der Waals surface area (Å²) in [6.07, 6.45) is -4.92. The van der Waals surface area contributed by atoms with Gasteiger partial charge in [0.15, 0.2) is 30.4 Å². The number of alkyl carbamates (subject to hydrolysis) is 1. The molecule has 0 aromatic heterocycles. The molecule has 5 aliphatic rings. The first-order chi connectivity index (χ1) is 27.6. The second-order valence-corrected chi connectivity index (χ2v) is 18.1. The number of hydrogen-bond acceptors (Lipinski definition) is 16. The van der Waals surface area contributed by atoms with Crippen LogP contribution in [0, 0.1) is 29.6 Å². The summed E-state index contributed by atoms with van der Waals surface area (Å²) in [6, 6.07) is -0.995. The van der Waals surface area contributed by atoms with E-state index in [1.165, 1.54) is 33.7 Å². The first-order valence-electron chi connectivity index (χ1n) is 20.8. The summed E-state index contributed by atoms with van der Waals surface area (Å²) in [7, 11) is 8.14. The van der Waals surface area contributed by atoms with Gasteiger partial charge in [-0.25, -0.2) is 9.59 Å². The predicted octanol–water partition coefficient (Wildman–Crippen LogP) is 3.13. The number of methoxy groups -OCH3 is 3. The number of aliphatic hydroxyl groups excluding tert-OH is 1. The van der Waals surface area contributed by atoms with Crippen molar-refractivity contribution in [1.82, 2.24) is 10.2 Å². The minimum absolute atomic E-state index is 0.124. The van der Waals surface area contributed by atoms with Crippen LogP contribution in [-0.2, 0) is 61.8 Å². The van der Waals surface area contributed by atoms with Crippen LogP contribution in [-0.4, -0.2) is 153 Å². The molecule has 1 aliphatic carbocycles. The number of hydrogen-bond donors (Lipinski definition) is 2. The van der Waals surface area contributed by atoms with Gasteiger partial charge in [-0.1, -0.05) is 27.7 Å². The molecule has 0 bridgehead atoms. The van der Waals surface area contributed by atoms with Crippen molar-refractivity contribution in [3.8, 4) is 0 Å². The number of aliphatic hydroxyl groups is 1. The number of esters is 2. The Kier molecular flexibility index (Phi) is 14.6. The van der Waals surface area contributed by atoms with Crippen molar-refractivity contribution in [3.63, 3.8) is 0 Å². The van der Waals surface area contributed by atoms with Gasteiger partial charge in [-0.05, 0) is 61.6 Å². The maximum atomic E-state index is 14.5. The standard InChI is InChI=1S/C42H68N2O15/c1-20-18-41(9,52-14)35(58-38-32(53-16-15-28(45)50-12)27(44(10)11)17-21(2)54-38)23(4)31(56-29-19-40(8,51-13)34(47)26(7)55-29)24(5)37(48)57-36-25(6)42(36)33(22(3)30(20)46)43-39(49)59-42/h15-16,20-27,29,31-36,38,47H,17-19H2,1-14H3,(H,43,49)/b16-15+/t20-,21-,22+,23+,24-,25?,26+,27+,29+,31+,32-,33-,34+,35-,36-,38+,40-,41+,42+/m1/s1. The average Bonchev–Trinajstić information content (AvgIpc) is 3.54. The lowest BCUT2D eigenvalue weighted by Crippen LogP contribution is -2.61. The monoisotopic (exact) mass is 840 g/mol. The van der Waals surface area contributed by atoms with Crippen molar-refractivity contribution in [2.45, 2.75) is 166 Å². The topological polar surface area (TPSA) is 196 Å². The number of ether oxygens (including phenoxy) is 10. The summed E-state index contributed by atoms with van der Waals surface area (Å²) >= 11 is 0. The van der Waals surface area contributed by atoms with Crippen LogP contribution in [0.15, 0.2) is 12.3 Å². The lowest BCUT2D eigenvalue weighted by Gasteiger charge is -2.50. The number of ketones is 1. The van der Waals surface area contributed by atoms with E-state index >= 15 is 0 Å². The van der Waals surface area contributed by atoms with E-state index < -0.39 is 120 Å². The number of nitrogens with zero attached hydrogens (tertiary/aromatic N) is 1. The molecule has 4 heterocycles. The second-order valence-electron chi connectivity index (χ2n) is 18.1. The fourth-order valence-electron chi connectivity index (χ4n) is 9.98. The van der Waals surface area contributed by atoms with Crippen LogP contribution in [0.25, 0.3) is 0 Å². The Morgan fingerprint density at radius 3 is 2.17 bits per heavy atom. The number of likely N-dealkylation sites (N-methyl/N-ethyl adjacent to an activating group) is 1. The molecular weight excluding hydrogens is 772 g/mol. The molecule has 4 saturated heterocycles. The van der Waals surface area contributed by atoms with E-state index in [1.54, 1.807) is 27.7 Å². The van der Waals surface area contributed by atoms with Gasteiger partial charge in [0.05, 0.1) is 73.1 Å². The Balaban J connectivity index is 1.62. The summed E-state index contributed by atoms with van der Waals surface area (Å²) in [4.78, 5) is 55.8. The molecule has 336 valence electrons. The van der Waals surface area contributed by atoms with Crippen LogP contribution in [0.4, 0.5) is 4.79 Å². The van der Waals surface area contributed by atoms with Gasteiger partial charge in [0, 0.05) is 44.3 Å². The van der Waals surface area contributed by atoms with Crippen LogP contribution in [0.1, 0.15) is 81.6 Å². The highest BCUT2D eigenvalue weighted by Gasteiger charge is 2.77. The zero-order chi connectivity index (χ0) is 43.9. The Hall–Kier alpha value is -2.90. The van der Waals surface area contributed by atoms with Crippen LogP contribution >= 0.6 is 0 Å². The van der Waals surface area contributed by atoms with Gasteiger partial charge in [-0.3, -0.25) is 9.59 Å². The van der Waals surface area contributed by atoms with Gasteiger partial charge in [-0.15, -0.1) is 0 Å². The summed E-state index contributed by atoms with van der Waals surface area (Å²) in [5.41, 5.74) is -3.52. The Bertz CT molecular complexity index is 1560. The van der Waals surface area contributed by atoms with Crippen molar-refractivity contribution < 1.29 is 71.7 Å². The molecule has 1 saturated carbocycles. The summed E-state index contributed by atoms with van der Waals surface area (Å²) in [5.74, 6) is -4.81. The lowest BCUT2D eigenvalue weighted by atomic mass is 9.75. The Morgan fingerprint density at radius 2 is 1.56 bits per heavy atom. The highest BCUT2D eigenvalue weighted by Crippen LogP contribution is 2.56. The van der Waals surface area contributed by atoms with Crippen LogP contribution in [0.3, 0.4) is 0 Å². The quantitative estimate of drug-likeness (QED) is 0.141. The smallest absolute Gasteiger partial charge is 0.408 e. The number of rotatable bonds is 10. The van der Waals surface area contributed by atoms with E-state index in [-0.39, 0.29) is 30.8 Å². The van der Waals surface area contributed by atoms with E-state index in [9.17, 15) is 24.3 Å². The summed E-state index contributed by atoms with van der Waals surface area (Å²) in [5, 5.41) is 13.9. The van der Waals surface area contributed by atoms with E-state index in [0.717, 1.165) is 0 Å². The van der Waals surface area contributed by atoms with Crippen LogP contribution in [0.5, 0.6) is 0 Å². The van der Waals surface area contributed by atoms with E-state index in [1.807, 2.05) is 53.6 Å². The van der Waals surface area contributed by atoms with Crippen molar-refractivity contribution in [1.29, 1.82) is 0 Å². The molecule has 17 nitrogen and oxygen atoms in total.